The number of hydrogen-bond acceptors (Lipinski definition) is 7. The van der Waals surface area contributed by atoms with Crippen molar-refractivity contribution in [2.24, 2.45) is 5.92 Å². The van der Waals surface area contributed by atoms with Crippen molar-refractivity contribution in [3.05, 3.63) is 35.4 Å². The summed E-state index contributed by atoms with van der Waals surface area (Å²) in [6.07, 6.45) is -1.62. The maximum absolute atomic E-state index is 11.8. The third-order valence-corrected chi connectivity index (χ3v) is 4.95. The monoisotopic (exact) mass is 392 g/mol. The van der Waals surface area contributed by atoms with E-state index in [1.165, 1.54) is 20.8 Å². The number of hydrogen-bond donors (Lipinski definition) is 0. The van der Waals surface area contributed by atoms with Crippen molar-refractivity contribution in [1.29, 1.82) is 0 Å². The fourth-order valence-corrected chi connectivity index (χ4v) is 3.72. The van der Waals surface area contributed by atoms with Gasteiger partial charge in [-0.25, -0.2) is 0 Å². The number of aryl methyl sites for hydroxylation is 1. The van der Waals surface area contributed by atoms with Crippen LogP contribution in [0.4, 0.5) is 0 Å². The first-order valence-corrected chi connectivity index (χ1v) is 9.35. The lowest BCUT2D eigenvalue weighted by atomic mass is 9.74. The molecule has 154 valence electrons. The molecule has 2 rings (SSSR count). The van der Waals surface area contributed by atoms with Crippen molar-refractivity contribution in [3.63, 3.8) is 0 Å². The molecule has 0 aromatic heterocycles. The van der Waals surface area contributed by atoms with E-state index in [0.717, 1.165) is 11.1 Å². The Morgan fingerprint density at radius 1 is 0.964 bits per heavy atom. The van der Waals surface area contributed by atoms with Crippen LogP contribution in [0.5, 0.6) is 0 Å². The zero-order valence-corrected chi connectivity index (χ0v) is 17.0. The van der Waals surface area contributed by atoms with E-state index in [1.807, 2.05) is 38.1 Å². The van der Waals surface area contributed by atoms with E-state index in [-0.39, 0.29) is 37.1 Å². The van der Waals surface area contributed by atoms with Gasteiger partial charge in [0, 0.05) is 32.6 Å². The molecule has 1 heterocycles. The predicted octanol–water partition coefficient (Wildman–Crippen LogP) is 2.54. The SMILES string of the molecule is CC(=O)OCC1OC(C)C(COC(C)=O)C(c2ccccc2C)C1OC(C)=O. The average molecular weight is 392 g/mol. The molecule has 7 heteroatoms. The van der Waals surface area contributed by atoms with Gasteiger partial charge in [-0.05, 0) is 25.0 Å². The van der Waals surface area contributed by atoms with Crippen LogP contribution in [-0.4, -0.2) is 49.4 Å². The first kappa shape index (κ1) is 21.9. The molecule has 0 N–H and O–H groups in total. The lowest BCUT2D eigenvalue weighted by Crippen LogP contribution is -2.53. The Labute approximate surface area is 165 Å². The summed E-state index contributed by atoms with van der Waals surface area (Å²) in [5, 5.41) is 0. The van der Waals surface area contributed by atoms with Gasteiger partial charge >= 0.3 is 17.9 Å². The topological polar surface area (TPSA) is 88.1 Å². The molecule has 0 bridgehead atoms. The van der Waals surface area contributed by atoms with Gasteiger partial charge in [-0.15, -0.1) is 0 Å². The van der Waals surface area contributed by atoms with Crippen LogP contribution in [0.15, 0.2) is 24.3 Å². The van der Waals surface area contributed by atoms with Crippen molar-refractivity contribution in [3.8, 4) is 0 Å². The summed E-state index contributed by atoms with van der Waals surface area (Å²) in [5.41, 5.74) is 2.01. The first-order valence-electron chi connectivity index (χ1n) is 9.35. The molecule has 0 aliphatic carbocycles. The van der Waals surface area contributed by atoms with Gasteiger partial charge in [0.1, 0.15) is 18.8 Å². The van der Waals surface area contributed by atoms with Crippen LogP contribution in [0.2, 0.25) is 0 Å². The standard InChI is InChI=1S/C21H28O7/c1-12-8-6-7-9-17(12)20-18(10-25-14(3)22)13(2)27-19(11-26-15(4)23)21(20)28-16(5)24/h6-9,13,18-21H,10-11H2,1-5H3. The van der Waals surface area contributed by atoms with Crippen molar-refractivity contribution in [2.75, 3.05) is 13.2 Å². The molecule has 1 aromatic carbocycles. The zero-order valence-electron chi connectivity index (χ0n) is 17.0. The van der Waals surface area contributed by atoms with Crippen LogP contribution in [0.1, 0.15) is 44.7 Å². The second-order valence-corrected chi connectivity index (χ2v) is 7.11. The van der Waals surface area contributed by atoms with Gasteiger partial charge in [-0.1, -0.05) is 24.3 Å². The van der Waals surface area contributed by atoms with Crippen LogP contribution in [0.25, 0.3) is 0 Å². The zero-order chi connectivity index (χ0) is 20.8. The molecule has 0 spiro atoms. The lowest BCUT2D eigenvalue weighted by Gasteiger charge is -2.45. The van der Waals surface area contributed by atoms with E-state index in [4.69, 9.17) is 18.9 Å². The number of benzene rings is 1. The minimum absolute atomic E-state index is 0.0275. The average Bonchev–Trinajstić information content (AvgIpc) is 2.60. The number of esters is 3. The van der Waals surface area contributed by atoms with Gasteiger partial charge in [0.05, 0.1) is 12.7 Å². The first-order chi connectivity index (χ1) is 13.2. The van der Waals surface area contributed by atoms with Gasteiger partial charge in [-0.2, -0.15) is 0 Å². The van der Waals surface area contributed by atoms with Crippen LogP contribution < -0.4 is 0 Å². The number of carbonyl (C=O) groups excluding carboxylic acids is 3. The Kier molecular flexibility index (Phi) is 7.57. The maximum Gasteiger partial charge on any atom is 0.303 e. The van der Waals surface area contributed by atoms with Crippen LogP contribution in [0, 0.1) is 12.8 Å². The summed E-state index contributed by atoms with van der Waals surface area (Å²) in [6.45, 7) is 7.96. The Balaban J connectivity index is 2.46. The van der Waals surface area contributed by atoms with Crippen molar-refractivity contribution >= 4 is 17.9 Å². The highest BCUT2D eigenvalue weighted by Crippen LogP contribution is 2.41. The van der Waals surface area contributed by atoms with Crippen molar-refractivity contribution < 1.29 is 33.3 Å². The molecule has 1 aliphatic rings. The number of rotatable bonds is 6. The maximum atomic E-state index is 11.8. The van der Waals surface area contributed by atoms with Crippen LogP contribution >= 0.6 is 0 Å². The third kappa shape index (κ3) is 5.55. The lowest BCUT2D eigenvalue weighted by molar-refractivity contribution is -0.201. The van der Waals surface area contributed by atoms with E-state index >= 15 is 0 Å². The number of ether oxygens (including phenoxy) is 4. The van der Waals surface area contributed by atoms with E-state index < -0.39 is 24.1 Å². The molecular formula is C21H28O7. The molecule has 0 amide bonds. The van der Waals surface area contributed by atoms with Crippen molar-refractivity contribution in [2.45, 2.75) is 58.8 Å². The summed E-state index contributed by atoms with van der Waals surface area (Å²) >= 11 is 0. The largest absolute Gasteiger partial charge is 0.465 e. The summed E-state index contributed by atoms with van der Waals surface area (Å²) < 4.78 is 22.1. The molecule has 1 fully saturated rings. The van der Waals surface area contributed by atoms with Crippen LogP contribution in [0.3, 0.4) is 0 Å². The second kappa shape index (κ2) is 9.68. The second-order valence-electron chi connectivity index (χ2n) is 7.11. The van der Waals surface area contributed by atoms with Gasteiger partial charge in [-0.3, -0.25) is 14.4 Å². The molecule has 7 nitrogen and oxygen atoms in total. The highest BCUT2D eigenvalue weighted by Gasteiger charge is 2.48. The van der Waals surface area contributed by atoms with E-state index in [9.17, 15) is 14.4 Å². The summed E-state index contributed by atoms with van der Waals surface area (Å²) in [5.74, 6) is -1.80. The van der Waals surface area contributed by atoms with Gasteiger partial charge in [0.15, 0.2) is 0 Å². The smallest absolute Gasteiger partial charge is 0.303 e. The minimum Gasteiger partial charge on any atom is -0.465 e. The van der Waals surface area contributed by atoms with Gasteiger partial charge in [0.25, 0.3) is 0 Å². The highest BCUT2D eigenvalue weighted by atomic mass is 16.6. The Hall–Kier alpha value is -2.41. The molecule has 1 aromatic rings. The van der Waals surface area contributed by atoms with Gasteiger partial charge in [0.2, 0.25) is 0 Å². The fourth-order valence-electron chi connectivity index (χ4n) is 3.72. The molecule has 1 aliphatic heterocycles. The summed E-state index contributed by atoms with van der Waals surface area (Å²) in [6, 6.07) is 7.79. The van der Waals surface area contributed by atoms with Gasteiger partial charge < -0.3 is 18.9 Å². The minimum atomic E-state index is -0.685. The molecule has 5 atom stereocenters. The Morgan fingerprint density at radius 2 is 1.57 bits per heavy atom. The molecule has 0 saturated carbocycles. The third-order valence-electron chi connectivity index (χ3n) is 4.95. The quantitative estimate of drug-likeness (QED) is 0.543. The Bertz CT molecular complexity index is 714. The van der Waals surface area contributed by atoms with Crippen molar-refractivity contribution in [1.82, 2.24) is 0 Å². The molecule has 5 unspecified atom stereocenters. The number of carbonyl (C=O) groups is 3. The predicted molar refractivity (Wildman–Crippen MR) is 101 cm³/mol. The Morgan fingerprint density at radius 3 is 2.14 bits per heavy atom. The van der Waals surface area contributed by atoms with E-state index in [1.54, 1.807) is 0 Å². The van der Waals surface area contributed by atoms with Crippen LogP contribution in [-0.2, 0) is 33.3 Å². The van der Waals surface area contributed by atoms with E-state index in [0.29, 0.717) is 0 Å². The molecular weight excluding hydrogens is 364 g/mol. The summed E-state index contributed by atoms with van der Waals surface area (Å²) in [4.78, 5) is 34.5. The summed E-state index contributed by atoms with van der Waals surface area (Å²) in [7, 11) is 0. The molecule has 0 radical (unpaired) electrons. The fraction of sp³-hybridized carbons (Fsp3) is 0.571. The molecule has 28 heavy (non-hydrogen) atoms. The normalized spacial score (nSPS) is 27.0. The molecule has 1 saturated heterocycles. The highest BCUT2D eigenvalue weighted by molar-refractivity contribution is 5.67. The van der Waals surface area contributed by atoms with E-state index in [2.05, 4.69) is 0 Å².